The van der Waals surface area contributed by atoms with Crippen molar-refractivity contribution in [1.82, 2.24) is 0 Å². The number of fused-ring (bicyclic) bond motifs is 1. The van der Waals surface area contributed by atoms with Crippen LogP contribution in [0.15, 0.2) is 18.2 Å². The zero-order chi connectivity index (χ0) is 11.3. The van der Waals surface area contributed by atoms with Crippen LogP contribution in [0.3, 0.4) is 0 Å². The SMILES string of the molecule is COc1ccc2c(c1)C(C)(C)C(C)(C)C2. The zero-order valence-corrected chi connectivity index (χ0v) is 10.3. The predicted molar refractivity (Wildman–Crippen MR) is 63.5 cm³/mol. The Hall–Kier alpha value is -0.980. The summed E-state index contributed by atoms with van der Waals surface area (Å²) in [5, 5.41) is 0. The highest BCUT2D eigenvalue weighted by molar-refractivity contribution is 5.46. The number of methoxy groups -OCH3 is 1. The smallest absolute Gasteiger partial charge is 0.119 e. The van der Waals surface area contributed by atoms with Gasteiger partial charge in [0.25, 0.3) is 0 Å². The van der Waals surface area contributed by atoms with Crippen LogP contribution >= 0.6 is 0 Å². The predicted octanol–water partition coefficient (Wildman–Crippen LogP) is 3.56. The molecule has 1 aromatic carbocycles. The van der Waals surface area contributed by atoms with Gasteiger partial charge in [-0.25, -0.2) is 0 Å². The van der Waals surface area contributed by atoms with Crippen LogP contribution in [0.2, 0.25) is 0 Å². The van der Waals surface area contributed by atoms with Crippen LogP contribution in [0.5, 0.6) is 5.75 Å². The second kappa shape index (κ2) is 3.01. The normalized spacial score (nSPS) is 21.1. The number of hydrogen-bond acceptors (Lipinski definition) is 1. The molecule has 0 atom stereocenters. The third-order valence-electron chi connectivity index (χ3n) is 4.31. The Morgan fingerprint density at radius 1 is 1.13 bits per heavy atom. The monoisotopic (exact) mass is 204 g/mol. The second-order valence-electron chi connectivity index (χ2n) is 5.71. The summed E-state index contributed by atoms with van der Waals surface area (Å²) in [5.41, 5.74) is 3.50. The van der Waals surface area contributed by atoms with E-state index in [1.807, 2.05) is 0 Å². The third kappa shape index (κ3) is 1.37. The number of hydrogen-bond donors (Lipinski definition) is 0. The summed E-state index contributed by atoms with van der Waals surface area (Å²) >= 11 is 0. The van der Waals surface area contributed by atoms with E-state index in [4.69, 9.17) is 4.74 Å². The fraction of sp³-hybridized carbons (Fsp3) is 0.571. The molecule has 0 radical (unpaired) electrons. The first-order chi connectivity index (χ1) is 6.88. The first-order valence-corrected chi connectivity index (χ1v) is 5.56. The topological polar surface area (TPSA) is 9.23 Å². The van der Waals surface area contributed by atoms with Crippen molar-refractivity contribution in [3.05, 3.63) is 29.3 Å². The average molecular weight is 204 g/mol. The van der Waals surface area contributed by atoms with E-state index >= 15 is 0 Å². The largest absolute Gasteiger partial charge is 0.497 e. The van der Waals surface area contributed by atoms with E-state index in [1.54, 1.807) is 7.11 Å². The molecule has 1 nitrogen and oxygen atoms in total. The van der Waals surface area contributed by atoms with Gasteiger partial charge in [0.15, 0.2) is 0 Å². The Morgan fingerprint density at radius 2 is 1.80 bits per heavy atom. The van der Waals surface area contributed by atoms with Crippen LogP contribution in [-0.2, 0) is 11.8 Å². The van der Waals surface area contributed by atoms with Gasteiger partial charge in [-0.15, -0.1) is 0 Å². The van der Waals surface area contributed by atoms with Crippen molar-refractivity contribution in [1.29, 1.82) is 0 Å². The maximum atomic E-state index is 5.30. The Kier molecular flexibility index (Phi) is 2.11. The maximum Gasteiger partial charge on any atom is 0.119 e. The van der Waals surface area contributed by atoms with Gasteiger partial charge in [-0.3, -0.25) is 0 Å². The van der Waals surface area contributed by atoms with Crippen molar-refractivity contribution >= 4 is 0 Å². The second-order valence-corrected chi connectivity index (χ2v) is 5.71. The van der Waals surface area contributed by atoms with Crippen LogP contribution in [-0.4, -0.2) is 7.11 Å². The van der Waals surface area contributed by atoms with Gasteiger partial charge in [0.05, 0.1) is 7.11 Å². The van der Waals surface area contributed by atoms with E-state index in [9.17, 15) is 0 Å². The summed E-state index contributed by atoms with van der Waals surface area (Å²) in [7, 11) is 1.73. The quantitative estimate of drug-likeness (QED) is 0.679. The highest BCUT2D eigenvalue weighted by atomic mass is 16.5. The summed E-state index contributed by atoms with van der Waals surface area (Å²) in [4.78, 5) is 0. The van der Waals surface area contributed by atoms with Gasteiger partial charge in [-0.1, -0.05) is 33.8 Å². The van der Waals surface area contributed by atoms with Crippen molar-refractivity contribution in [3.8, 4) is 5.75 Å². The molecule has 82 valence electrons. The fourth-order valence-electron chi connectivity index (χ4n) is 2.48. The van der Waals surface area contributed by atoms with Gasteiger partial charge >= 0.3 is 0 Å². The van der Waals surface area contributed by atoms with Crippen LogP contribution in [0.1, 0.15) is 38.8 Å². The maximum absolute atomic E-state index is 5.30. The third-order valence-corrected chi connectivity index (χ3v) is 4.31. The van der Waals surface area contributed by atoms with Gasteiger partial charge in [0.2, 0.25) is 0 Å². The molecule has 1 aliphatic rings. The highest BCUT2D eigenvalue weighted by Gasteiger charge is 2.45. The van der Waals surface area contributed by atoms with Gasteiger partial charge in [-0.2, -0.15) is 0 Å². The van der Waals surface area contributed by atoms with E-state index in [0.717, 1.165) is 5.75 Å². The molecule has 1 aromatic rings. The summed E-state index contributed by atoms with van der Waals surface area (Å²) in [6.45, 7) is 9.36. The van der Waals surface area contributed by atoms with Crippen molar-refractivity contribution in [2.24, 2.45) is 5.41 Å². The molecule has 0 aromatic heterocycles. The first kappa shape index (κ1) is 10.5. The molecule has 0 saturated carbocycles. The summed E-state index contributed by atoms with van der Waals surface area (Å²) in [6.07, 6.45) is 1.17. The Balaban J connectivity index is 2.56. The lowest BCUT2D eigenvalue weighted by Gasteiger charge is -2.35. The van der Waals surface area contributed by atoms with E-state index in [2.05, 4.69) is 45.9 Å². The molecule has 0 amide bonds. The molecule has 0 spiro atoms. The van der Waals surface area contributed by atoms with Gasteiger partial charge in [0.1, 0.15) is 5.75 Å². The van der Waals surface area contributed by atoms with Crippen LogP contribution < -0.4 is 4.74 Å². The number of rotatable bonds is 1. The van der Waals surface area contributed by atoms with Crippen LogP contribution in [0, 0.1) is 5.41 Å². The number of ether oxygens (including phenoxy) is 1. The Bertz CT molecular complexity index is 388. The van der Waals surface area contributed by atoms with E-state index < -0.39 is 0 Å². The van der Waals surface area contributed by atoms with E-state index in [-0.39, 0.29) is 5.41 Å². The molecule has 0 fully saturated rings. The minimum absolute atomic E-state index is 0.233. The minimum Gasteiger partial charge on any atom is -0.497 e. The molecule has 1 aliphatic carbocycles. The standard InChI is InChI=1S/C14H20O/c1-13(2)9-10-6-7-11(15-5)8-12(10)14(13,3)4/h6-8H,9H2,1-5H3. The van der Waals surface area contributed by atoms with Crippen molar-refractivity contribution in [3.63, 3.8) is 0 Å². The molecule has 1 heteroatoms. The van der Waals surface area contributed by atoms with E-state index in [0.29, 0.717) is 5.41 Å². The molecule has 0 unspecified atom stereocenters. The molecule has 0 saturated heterocycles. The van der Waals surface area contributed by atoms with Crippen LogP contribution in [0.25, 0.3) is 0 Å². The molecule has 0 N–H and O–H groups in total. The van der Waals surface area contributed by atoms with Gasteiger partial charge < -0.3 is 4.74 Å². The lowest BCUT2D eigenvalue weighted by Crippen LogP contribution is -2.32. The molecular weight excluding hydrogens is 184 g/mol. The first-order valence-electron chi connectivity index (χ1n) is 5.56. The Labute approximate surface area is 92.5 Å². The fourth-order valence-corrected chi connectivity index (χ4v) is 2.48. The van der Waals surface area contributed by atoms with Gasteiger partial charge in [0, 0.05) is 0 Å². The molecule has 0 aliphatic heterocycles. The average Bonchev–Trinajstić information content (AvgIpc) is 2.34. The van der Waals surface area contributed by atoms with Gasteiger partial charge in [-0.05, 0) is 40.5 Å². The zero-order valence-electron chi connectivity index (χ0n) is 10.3. The lowest BCUT2D eigenvalue weighted by molar-refractivity contribution is 0.225. The van der Waals surface area contributed by atoms with E-state index in [1.165, 1.54) is 17.5 Å². The molecule has 0 bridgehead atoms. The van der Waals surface area contributed by atoms with Crippen molar-refractivity contribution in [2.75, 3.05) is 7.11 Å². The van der Waals surface area contributed by atoms with Crippen molar-refractivity contribution in [2.45, 2.75) is 39.5 Å². The summed E-state index contributed by atoms with van der Waals surface area (Å²) in [6, 6.07) is 6.48. The lowest BCUT2D eigenvalue weighted by atomic mass is 9.69. The minimum atomic E-state index is 0.233. The Morgan fingerprint density at radius 3 is 2.40 bits per heavy atom. The molecule has 2 rings (SSSR count). The molecular formula is C14H20O. The summed E-state index contributed by atoms with van der Waals surface area (Å²) < 4.78 is 5.30. The number of benzene rings is 1. The molecule has 15 heavy (non-hydrogen) atoms. The highest BCUT2D eigenvalue weighted by Crippen LogP contribution is 2.51. The van der Waals surface area contributed by atoms with Crippen LogP contribution in [0.4, 0.5) is 0 Å². The molecule has 0 heterocycles. The summed E-state index contributed by atoms with van der Waals surface area (Å²) in [5.74, 6) is 0.972. The van der Waals surface area contributed by atoms with Crippen molar-refractivity contribution < 1.29 is 4.74 Å².